The van der Waals surface area contributed by atoms with Gasteiger partial charge in [0.15, 0.2) is 5.67 Å². The SMILES string of the molecule is C=C(C)C(C)(F)c1cc(Nc2n[nH]c(N)n2)cc(Cl)c1-c1ccc(OC(C)(C)C)cc1. The van der Waals surface area contributed by atoms with Crippen LogP contribution in [0.4, 0.5) is 22.0 Å². The van der Waals surface area contributed by atoms with E-state index in [9.17, 15) is 0 Å². The first-order valence-electron chi connectivity index (χ1n) is 9.80. The van der Waals surface area contributed by atoms with E-state index >= 15 is 4.39 Å². The fraction of sp³-hybridized carbons (Fsp3) is 0.304. The van der Waals surface area contributed by atoms with Crippen molar-refractivity contribution >= 4 is 29.2 Å². The lowest BCUT2D eigenvalue weighted by molar-refractivity contribution is 0.131. The summed E-state index contributed by atoms with van der Waals surface area (Å²) in [5.41, 5.74) is 6.04. The fourth-order valence-corrected chi connectivity index (χ4v) is 3.40. The van der Waals surface area contributed by atoms with Gasteiger partial charge in [-0.2, -0.15) is 4.98 Å². The zero-order chi connectivity index (χ0) is 23.0. The number of alkyl halides is 1. The molecule has 6 nitrogen and oxygen atoms in total. The number of allylic oxidation sites excluding steroid dienone is 1. The van der Waals surface area contributed by atoms with E-state index in [0.717, 1.165) is 11.3 Å². The largest absolute Gasteiger partial charge is 0.488 e. The highest BCUT2D eigenvalue weighted by atomic mass is 35.5. The molecule has 0 spiro atoms. The van der Waals surface area contributed by atoms with E-state index in [4.69, 9.17) is 22.1 Å². The molecular weight excluding hydrogens is 417 g/mol. The van der Waals surface area contributed by atoms with Gasteiger partial charge in [-0.25, -0.2) is 9.49 Å². The average molecular weight is 444 g/mol. The van der Waals surface area contributed by atoms with Crippen LogP contribution in [-0.4, -0.2) is 20.8 Å². The third kappa shape index (κ3) is 5.17. The number of aromatic amines is 1. The van der Waals surface area contributed by atoms with Gasteiger partial charge in [-0.1, -0.05) is 30.3 Å². The van der Waals surface area contributed by atoms with E-state index in [0.29, 0.717) is 27.4 Å². The molecule has 1 unspecified atom stereocenters. The Bertz CT molecular complexity index is 1100. The number of nitrogens with one attached hydrogen (secondary N) is 2. The molecule has 0 aliphatic heterocycles. The highest BCUT2D eigenvalue weighted by molar-refractivity contribution is 6.34. The van der Waals surface area contributed by atoms with Crippen LogP contribution >= 0.6 is 11.6 Å². The van der Waals surface area contributed by atoms with Gasteiger partial charge in [0.1, 0.15) is 11.4 Å². The monoisotopic (exact) mass is 443 g/mol. The van der Waals surface area contributed by atoms with Crippen LogP contribution in [0.15, 0.2) is 48.6 Å². The third-order valence-electron chi connectivity index (χ3n) is 4.72. The van der Waals surface area contributed by atoms with Crippen LogP contribution in [0.2, 0.25) is 5.02 Å². The van der Waals surface area contributed by atoms with Crippen molar-refractivity contribution in [3.05, 3.63) is 59.1 Å². The van der Waals surface area contributed by atoms with Gasteiger partial charge >= 0.3 is 0 Å². The van der Waals surface area contributed by atoms with Gasteiger partial charge in [0.2, 0.25) is 11.9 Å². The van der Waals surface area contributed by atoms with Gasteiger partial charge in [0.25, 0.3) is 0 Å². The van der Waals surface area contributed by atoms with Gasteiger partial charge in [0, 0.05) is 16.8 Å². The van der Waals surface area contributed by atoms with Crippen LogP contribution in [0, 0.1) is 0 Å². The Labute approximate surface area is 186 Å². The smallest absolute Gasteiger partial charge is 0.248 e. The number of hydrogen-bond acceptors (Lipinski definition) is 5. The molecule has 8 heteroatoms. The summed E-state index contributed by atoms with van der Waals surface area (Å²) in [6.45, 7) is 12.9. The highest BCUT2D eigenvalue weighted by Gasteiger charge is 2.32. The maximum Gasteiger partial charge on any atom is 0.248 e. The molecule has 1 aromatic heterocycles. The van der Waals surface area contributed by atoms with Crippen LogP contribution < -0.4 is 15.8 Å². The summed E-state index contributed by atoms with van der Waals surface area (Å²) in [5, 5.41) is 9.86. The van der Waals surface area contributed by atoms with Crippen molar-refractivity contribution in [3.63, 3.8) is 0 Å². The van der Waals surface area contributed by atoms with E-state index in [-0.39, 0.29) is 17.5 Å². The molecule has 3 rings (SSSR count). The van der Waals surface area contributed by atoms with Gasteiger partial charge in [-0.15, -0.1) is 5.10 Å². The van der Waals surface area contributed by atoms with E-state index in [2.05, 4.69) is 27.1 Å². The van der Waals surface area contributed by atoms with E-state index in [1.165, 1.54) is 6.92 Å². The Balaban J connectivity index is 2.09. The molecule has 164 valence electrons. The molecule has 0 aliphatic carbocycles. The summed E-state index contributed by atoms with van der Waals surface area (Å²) < 4.78 is 21.7. The normalized spacial score (nSPS) is 13.5. The van der Waals surface area contributed by atoms with E-state index in [1.807, 2.05) is 45.0 Å². The molecule has 0 bridgehead atoms. The van der Waals surface area contributed by atoms with Crippen LogP contribution in [0.3, 0.4) is 0 Å². The van der Waals surface area contributed by atoms with Crippen molar-refractivity contribution in [3.8, 4) is 16.9 Å². The number of aromatic nitrogens is 3. The van der Waals surface area contributed by atoms with Crippen molar-refractivity contribution in [2.75, 3.05) is 11.1 Å². The van der Waals surface area contributed by atoms with Gasteiger partial charge < -0.3 is 15.8 Å². The predicted octanol–water partition coefficient (Wildman–Crippen LogP) is 6.39. The molecule has 0 fully saturated rings. The number of nitrogen functional groups attached to an aromatic ring is 1. The van der Waals surface area contributed by atoms with Gasteiger partial charge in [0.05, 0.1) is 5.02 Å². The summed E-state index contributed by atoms with van der Waals surface area (Å²) in [6.07, 6.45) is 0. The molecule has 0 aliphatic rings. The zero-order valence-corrected chi connectivity index (χ0v) is 19.1. The lowest BCUT2D eigenvalue weighted by Crippen LogP contribution is -2.22. The molecule has 1 heterocycles. The van der Waals surface area contributed by atoms with Crippen molar-refractivity contribution in [2.24, 2.45) is 0 Å². The topological polar surface area (TPSA) is 88.9 Å². The number of nitrogens with zero attached hydrogens (tertiary/aromatic N) is 2. The molecule has 0 saturated carbocycles. The Morgan fingerprint density at radius 2 is 1.84 bits per heavy atom. The average Bonchev–Trinajstić information content (AvgIpc) is 3.05. The number of nitrogens with two attached hydrogens (primary N) is 1. The standard InChI is InChI=1S/C23H27ClFN5O/c1-13(2)23(6,25)17-11-15(27-21-28-20(26)29-30-21)12-18(24)19(17)14-7-9-16(10-8-14)31-22(3,4)5/h7-12H,1H2,2-6H3,(H4,26,27,28,29,30). The molecule has 31 heavy (non-hydrogen) atoms. The highest BCUT2D eigenvalue weighted by Crippen LogP contribution is 2.44. The zero-order valence-electron chi connectivity index (χ0n) is 18.3. The summed E-state index contributed by atoms with van der Waals surface area (Å²) in [6, 6.07) is 10.8. The van der Waals surface area contributed by atoms with Crippen LogP contribution in [0.25, 0.3) is 11.1 Å². The molecule has 0 amide bonds. The maximum atomic E-state index is 15.8. The number of halogens is 2. The Morgan fingerprint density at radius 3 is 2.35 bits per heavy atom. The van der Waals surface area contributed by atoms with Gasteiger partial charge in [-0.05, 0) is 70.0 Å². The lowest BCUT2D eigenvalue weighted by atomic mass is 9.85. The summed E-state index contributed by atoms with van der Waals surface area (Å²) >= 11 is 6.66. The Kier molecular flexibility index (Phi) is 6.00. The van der Waals surface area contributed by atoms with Crippen LogP contribution in [-0.2, 0) is 5.67 Å². The number of hydrogen-bond donors (Lipinski definition) is 3. The molecule has 0 radical (unpaired) electrons. The maximum absolute atomic E-state index is 15.8. The second kappa shape index (κ2) is 8.23. The molecule has 3 aromatic rings. The number of anilines is 3. The predicted molar refractivity (Wildman–Crippen MR) is 125 cm³/mol. The minimum atomic E-state index is -1.82. The first kappa shape index (κ1) is 22.6. The molecular formula is C23H27ClFN5O. The summed E-state index contributed by atoms with van der Waals surface area (Å²) in [7, 11) is 0. The number of ether oxygens (including phenoxy) is 1. The third-order valence-corrected chi connectivity index (χ3v) is 5.02. The Morgan fingerprint density at radius 1 is 1.19 bits per heavy atom. The number of H-pyrrole nitrogens is 1. The van der Waals surface area contributed by atoms with Crippen molar-refractivity contribution < 1.29 is 9.13 Å². The summed E-state index contributed by atoms with van der Waals surface area (Å²) in [5.74, 6) is 1.14. The minimum Gasteiger partial charge on any atom is -0.488 e. The number of benzene rings is 2. The van der Waals surface area contributed by atoms with Crippen molar-refractivity contribution in [1.29, 1.82) is 0 Å². The van der Waals surface area contributed by atoms with Crippen LogP contribution in [0.1, 0.15) is 40.2 Å². The first-order chi connectivity index (χ1) is 14.4. The fourth-order valence-electron chi connectivity index (χ4n) is 3.07. The van der Waals surface area contributed by atoms with Crippen LogP contribution in [0.5, 0.6) is 5.75 Å². The van der Waals surface area contributed by atoms with Crippen molar-refractivity contribution in [1.82, 2.24) is 15.2 Å². The quantitative estimate of drug-likeness (QED) is 0.384. The van der Waals surface area contributed by atoms with Gasteiger partial charge in [-0.3, -0.25) is 0 Å². The second-order valence-corrected chi connectivity index (χ2v) is 8.98. The second-order valence-electron chi connectivity index (χ2n) is 8.57. The first-order valence-corrected chi connectivity index (χ1v) is 10.2. The molecule has 1 atom stereocenters. The minimum absolute atomic E-state index is 0.167. The number of rotatable bonds is 6. The van der Waals surface area contributed by atoms with E-state index in [1.54, 1.807) is 19.1 Å². The lowest BCUT2D eigenvalue weighted by Gasteiger charge is -2.26. The summed E-state index contributed by atoms with van der Waals surface area (Å²) in [4.78, 5) is 4.01. The van der Waals surface area contributed by atoms with E-state index < -0.39 is 5.67 Å². The molecule has 0 saturated heterocycles. The molecule has 2 aromatic carbocycles. The Hall–Kier alpha value is -3.06. The van der Waals surface area contributed by atoms with Crippen molar-refractivity contribution in [2.45, 2.75) is 45.9 Å². The molecule has 4 N–H and O–H groups in total.